The number of para-hydroxylation sites is 1. The van der Waals surface area contributed by atoms with E-state index in [1.165, 1.54) is 31.2 Å². The van der Waals surface area contributed by atoms with Gasteiger partial charge in [0.1, 0.15) is 0 Å². The van der Waals surface area contributed by atoms with E-state index in [9.17, 15) is 0 Å². The normalized spacial score (nSPS) is 16.4. The Morgan fingerprint density at radius 3 is 2.72 bits per heavy atom. The molecule has 0 atom stereocenters. The quantitative estimate of drug-likeness (QED) is 0.786. The van der Waals surface area contributed by atoms with Gasteiger partial charge in [-0.25, -0.2) is 0 Å². The van der Waals surface area contributed by atoms with E-state index >= 15 is 0 Å². The summed E-state index contributed by atoms with van der Waals surface area (Å²) in [5.74, 6) is 0. The Labute approximate surface area is 110 Å². The predicted octanol–water partition coefficient (Wildman–Crippen LogP) is 2.86. The summed E-state index contributed by atoms with van der Waals surface area (Å²) in [6.07, 6.45) is 5.52. The molecule has 100 valence electrons. The minimum atomic E-state index is 0.793. The maximum atomic E-state index is 5.98. The number of anilines is 2. The fourth-order valence-corrected chi connectivity index (χ4v) is 2.82. The van der Waals surface area contributed by atoms with E-state index in [1.54, 1.807) is 0 Å². The Bertz CT molecular complexity index is 363. The Morgan fingerprint density at radius 2 is 2.06 bits per heavy atom. The van der Waals surface area contributed by atoms with Crippen LogP contribution in [0.15, 0.2) is 18.2 Å². The van der Waals surface area contributed by atoms with E-state index in [0.29, 0.717) is 0 Å². The fourth-order valence-electron chi connectivity index (χ4n) is 2.82. The third kappa shape index (κ3) is 3.16. The number of rotatable bonds is 5. The number of nitrogens with two attached hydrogens (primary N) is 1. The maximum Gasteiger partial charge on any atom is 0.0604 e. The first-order valence-corrected chi connectivity index (χ1v) is 6.97. The first-order valence-electron chi connectivity index (χ1n) is 6.97. The van der Waals surface area contributed by atoms with E-state index in [-0.39, 0.29) is 0 Å². The average molecular weight is 247 g/mol. The van der Waals surface area contributed by atoms with Crippen molar-refractivity contribution in [2.45, 2.75) is 38.6 Å². The standard InChI is InChI=1S/C15H25N3/c1-12-6-5-9-14(16)15(12)17-10-11-18(2)13-7-3-4-8-13/h5-6,9,13,17H,3-4,7-8,10-11,16H2,1-2H3. The fraction of sp³-hybridized carbons (Fsp3) is 0.600. The Balaban J connectivity index is 1.81. The van der Waals surface area contributed by atoms with Crippen LogP contribution < -0.4 is 11.1 Å². The summed E-state index contributed by atoms with van der Waals surface area (Å²) >= 11 is 0. The van der Waals surface area contributed by atoms with Gasteiger partial charge in [0.15, 0.2) is 0 Å². The van der Waals surface area contributed by atoms with Gasteiger partial charge in [-0.05, 0) is 38.4 Å². The van der Waals surface area contributed by atoms with Gasteiger partial charge in [-0.15, -0.1) is 0 Å². The summed E-state index contributed by atoms with van der Waals surface area (Å²) in [4.78, 5) is 2.48. The molecule has 0 saturated heterocycles. The second-order valence-electron chi connectivity index (χ2n) is 5.38. The summed E-state index contributed by atoms with van der Waals surface area (Å²) in [7, 11) is 2.23. The summed E-state index contributed by atoms with van der Waals surface area (Å²) in [6, 6.07) is 6.84. The average Bonchev–Trinajstić information content (AvgIpc) is 2.86. The maximum absolute atomic E-state index is 5.98. The van der Waals surface area contributed by atoms with Crippen molar-refractivity contribution in [1.29, 1.82) is 0 Å². The smallest absolute Gasteiger partial charge is 0.0604 e. The van der Waals surface area contributed by atoms with Crippen LogP contribution in [0, 0.1) is 6.92 Å². The summed E-state index contributed by atoms with van der Waals surface area (Å²) in [5.41, 5.74) is 9.15. The lowest BCUT2D eigenvalue weighted by molar-refractivity contribution is 0.254. The zero-order valence-electron chi connectivity index (χ0n) is 11.6. The number of hydrogen-bond donors (Lipinski definition) is 2. The zero-order valence-corrected chi connectivity index (χ0v) is 11.6. The molecule has 1 aromatic carbocycles. The minimum Gasteiger partial charge on any atom is -0.397 e. The van der Waals surface area contributed by atoms with Crippen LogP contribution in [-0.4, -0.2) is 31.1 Å². The summed E-state index contributed by atoms with van der Waals surface area (Å²) in [5, 5.41) is 3.47. The highest BCUT2D eigenvalue weighted by atomic mass is 15.1. The molecule has 3 N–H and O–H groups in total. The highest BCUT2D eigenvalue weighted by Crippen LogP contribution is 2.23. The van der Waals surface area contributed by atoms with Crippen LogP contribution in [0.25, 0.3) is 0 Å². The molecule has 0 radical (unpaired) electrons. The molecule has 0 amide bonds. The highest BCUT2D eigenvalue weighted by Gasteiger charge is 2.18. The molecule has 1 saturated carbocycles. The minimum absolute atomic E-state index is 0.793. The molecular weight excluding hydrogens is 222 g/mol. The van der Waals surface area contributed by atoms with Crippen LogP contribution in [0.2, 0.25) is 0 Å². The first kappa shape index (κ1) is 13.2. The zero-order chi connectivity index (χ0) is 13.0. The number of nitrogen functional groups attached to an aromatic ring is 1. The molecule has 0 heterocycles. The Kier molecular flexibility index (Phi) is 4.48. The van der Waals surface area contributed by atoms with Gasteiger partial charge in [0.25, 0.3) is 0 Å². The van der Waals surface area contributed by atoms with Crippen molar-refractivity contribution in [1.82, 2.24) is 4.90 Å². The van der Waals surface area contributed by atoms with Crippen LogP contribution in [0.1, 0.15) is 31.2 Å². The molecule has 0 unspecified atom stereocenters. The van der Waals surface area contributed by atoms with E-state index in [2.05, 4.69) is 30.3 Å². The van der Waals surface area contributed by atoms with Crippen LogP contribution >= 0.6 is 0 Å². The van der Waals surface area contributed by atoms with E-state index in [0.717, 1.165) is 30.5 Å². The predicted molar refractivity (Wildman–Crippen MR) is 79.0 cm³/mol. The van der Waals surface area contributed by atoms with Gasteiger partial charge in [-0.3, -0.25) is 0 Å². The van der Waals surface area contributed by atoms with E-state index < -0.39 is 0 Å². The molecule has 1 fully saturated rings. The highest BCUT2D eigenvalue weighted by molar-refractivity contribution is 5.69. The summed E-state index contributed by atoms with van der Waals surface area (Å²) in [6.45, 7) is 4.14. The number of hydrogen-bond acceptors (Lipinski definition) is 3. The lowest BCUT2D eigenvalue weighted by atomic mass is 10.1. The lowest BCUT2D eigenvalue weighted by Crippen LogP contribution is -2.33. The molecule has 1 aliphatic carbocycles. The van der Waals surface area contributed by atoms with Crippen LogP contribution in [-0.2, 0) is 0 Å². The monoisotopic (exact) mass is 247 g/mol. The van der Waals surface area contributed by atoms with Crippen LogP contribution in [0.4, 0.5) is 11.4 Å². The van der Waals surface area contributed by atoms with Crippen LogP contribution in [0.5, 0.6) is 0 Å². The number of nitrogens with one attached hydrogen (secondary N) is 1. The van der Waals surface area contributed by atoms with Gasteiger partial charge < -0.3 is 16.0 Å². The Hall–Kier alpha value is -1.22. The van der Waals surface area contributed by atoms with Crippen molar-refractivity contribution >= 4 is 11.4 Å². The number of benzene rings is 1. The molecule has 3 nitrogen and oxygen atoms in total. The number of nitrogens with zero attached hydrogens (tertiary/aromatic N) is 1. The summed E-state index contributed by atoms with van der Waals surface area (Å²) < 4.78 is 0. The molecule has 1 aromatic rings. The molecular formula is C15H25N3. The lowest BCUT2D eigenvalue weighted by Gasteiger charge is -2.24. The van der Waals surface area contributed by atoms with Gasteiger partial charge in [0, 0.05) is 19.1 Å². The topological polar surface area (TPSA) is 41.3 Å². The molecule has 2 rings (SSSR count). The van der Waals surface area contributed by atoms with E-state index in [1.807, 2.05) is 12.1 Å². The molecule has 1 aliphatic rings. The van der Waals surface area contributed by atoms with Crippen LogP contribution in [0.3, 0.4) is 0 Å². The Morgan fingerprint density at radius 1 is 1.33 bits per heavy atom. The van der Waals surface area contributed by atoms with Crippen molar-refractivity contribution < 1.29 is 0 Å². The second kappa shape index (κ2) is 6.10. The molecule has 18 heavy (non-hydrogen) atoms. The van der Waals surface area contributed by atoms with Gasteiger partial charge in [0.2, 0.25) is 0 Å². The van der Waals surface area contributed by atoms with Crippen molar-refractivity contribution in [3.8, 4) is 0 Å². The van der Waals surface area contributed by atoms with Gasteiger partial charge in [-0.2, -0.15) is 0 Å². The first-order chi connectivity index (χ1) is 8.68. The molecule has 3 heteroatoms. The SMILES string of the molecule is Cc1cccc(N)c1NCCN(C)C1CCCC1. The largest absolute Gasteiger partial charge is 0.397 e. The van der Waals surface area contributed by atoms with Gasteiger partial charge >= 0.3 is 0 Å². The molecule has 0 bridgehead atoms. The van der Waals surface area contributed by atoms with Gasteiger partial charge in [0.05, 0.1) is 11.4 Å². The van der Waals surface area contributed by atoms with Crippen molar-refractivity contribution in [3.63, 3.8) is 0 Å². The van der Waals surface area contributed by atoms with Crippen molar-refractivity contribution in [2.24, 2.45) is 0 Å². The molecule has 0 aliphatic heterocycles. The second-order valence-corrected chi connectivity index (χ2v) is 5.38. The number of aryl methyl sites for hydroxylation is 1. The third-order valence-corrected chi connectivity index (χ3v) is 4.02. The third-order valence-electron chi connectivity index (χ3n) is 4.02. The van der Waals surface area contributed by atoms with E-state index in [4.69, 9.17) is 5.73 Å². The van der Waals surface area contributed by atoms with Crippen molar-refractivity contribution in [3.05, 3.63) is 23.8 Å². The molecule has 0 spiro atoms. The number of likely N-dealkylation sites (N-methyl/N-ethyl adjacent to an activating group) is 1. The van der Waals surface area contributed by atoms with Gasteiger partial charge in [-0.1, -0.05) is 25.0 Å². The molecule has 0 aromatic heterocycles. The van der Waals surface area contributed by atoms with Crippen molar-refractivity contribution in [2.75, 3.05) is 31.2 Å².